The molecule has 158 valence electrons. The molecule has 5 atom stereocenters. The van der Waals surface area contributed by atoms with E-state index in [0.717, 1.165) is 12.8 Å². The van der Waals surface area contributed by atoms with Crippen molar-refractivity contribution in [2.75, 3.05) is 0 Å². The first kappa shape index (κ1) is 21.7. The third-order valence-electron chi connectivity index (χ3n) is 6.31. The minimum atomic E-state index is -1.11. The fraction of sp³-hybridized carbons (Fsp3) is 0.542. The summed E-state index contributed by atoms with van der Waals surface area (Å²) >= 11 is 0. The molecule has 0 unspecified atom stereocenters. The molecule has 2 aliphatic rings. The number of benzene rings is 1. The third kappa shape index (κ3) is 5.77. The van der Waals surface area contributed by atoms with E-state index in [1.807, 2.05) is 24.3 Å². The molecule has 5 heteroatoms. The van der Waals surface area contributed by atoms with E-state index in [-0.39, 0.29) is 24.7 Å². The Balaban J connectivity index is 1.53. The number of hydrogen-bond donors (Lipinski definition) is 3. The Kier molecular flexibility index (Phi) is 7.62. The molecular formula is C24H31FO4. The van der Waals surface area contributed by atoms with Gasteiger partial charge in [0, 0.05) is 18.8 Å². The number of alkyl halides is 1. The van der Waals surface area contributed by atoms with Crippen LogP contribution < -0.4 is 0 Å². The molecule has 0 heterocycles. The van der Waals surface area contributed by atoms with Gasteiger partial charge in [-0.05, 0) is 55.1 Å². The maximum atomic E-state index is 14.5. The van der Waals surface area contributed by atoms with Crippen LogP contribution >= 0.6 is 0 Å². The van der Waals surface area contributed by atoms with E-state index >= 15 is 0 Å². The highest BCUT2D eigenvalue weighted by molar-refractivity contribution is 5.66. The molecule has 0 aliphatic heterocycles. The van der Waals surface area contributed by atoms with Gasteiger partial charge in [0.25, 0.3) is 0 Å². The summed E-state index contributed by atoms with van der Waals surface area (Å²) in [6, 6.07) is 8.21. The van der Waals surface area contributed by atoms with Gasteiger partial charge in [-0.3, -0.25) is 4.79 Å². The van der Waals surface area contributed by atoms with Crippen molar-refractivity contribution in [3.05, 3.63) is 59.7 Å². The zero-order valence-corrected chi connectivity index (χ0v) is 16.7. The highest BCUT2D eigenvalue weighted by atomic mass is 19.1. The quantitative estimate of drug-likeness (QED) is 0.433. The fourth-order valence-corrected chi connectivity index (χ4v) is 4.64. The van der Waals surface area contributed by atoms with Crippen LogP contribution in [0.1, 0.15) is 43.2 Å². The van der Waals surface area contributed by atoms with Gasteiger partial charge in [0.05, 0.1) is 12.2 Å². The van der Waals surface area contributed by atoms with Crippen molar-refractivity contribution < 1.29 is 24.5 Å². The SMILES string of the molecule is O=C(O)CCCC=CC[C@@H]1[C@@H](C=C[C@H](O)C2Cc3ccccc3C2)[C@@H](F)C[C@@H]1O. The van der Waals surface area contributed by atoms with Crippen LogP contribution in [-0.4, -0.2) is 39.7 Å². The first-order valence-corrected chi connectivity index (χ1v) is 10.6. The maximum Gasteiger partial charge on any atom is 0.303 e. The summed E-state index contributed by atoms with van der Waals surface area (Å²) in [7, 11) is 0. The predicted molar refractivity (Wildman–Crippen MR) is 110 cm³/mol. The van der Waals surface area contributed by atoms with E-state index in [1.54, 1.807) is 12.2 Å². The van der Waals surface area contributed by atoms with E-state index in [0.29, 0.717) is 19.3 Å². The molecule has 1 aromatic rings. The van der Waals surface area contributed by atoms with E-state index in [4.69, 9.17) is 5.11 Å². The molecule has 0 aromatic heterocycles. The lowest BCUT2D eigenvalue weighted by Crippen LogP contribution is -2.21. The molecule has 0 radical (unpaired) electrons. The number of hydrogen-bond acceptors (Lipinski definition) is 3. The highest BCUT2D eigenvalue weighted by Crippen LogP contribution is 2.38. The van der Waals surface area contributed by atoms with Gasteiger partial charge in [0.15, 0.2) is 0 Å². The van der Waals surface area contributed by atoms with Crippen molar-refractivity contribution in [3.63, 3.8) is 0 Å². The molecule has 3 rings (SSSR count). The standard InChI is InChI=1S/C24H31FO4/c25-21-15-23(27)20(9-3-1-2-4-10-24(28)29)19(21)11-12-22(26)18-13-16-7-5-6-8-17(16)14-18/h1,3,5-8,11-12,18-23,26-27H,2,4,9-10,13-15H2,(H,28,29)/t19-,20-,21+,22+,23+/m1/s1. The Bertz CT molecular complexity index is 719. The van der Waals surface area contributed by atoms with Crippen LogP contribution in [0.2, 0.25) is 0 Å². The second kappa shape index (κ2) is 10.2. The summed E-state index contributed by atoms with van der Waals surface area (Å²) in [5.41, 5.74) is 2.55. The molecule has 0 spiro atoms. The summed E-state index contributed by atoms with van der Waals surface area (Å²) in [4.78, 5) is 10.5. The number of allylic oxidation sites excluding steroid dienone is 3. The van der Waals surface area contributed by atoms with Crippen LogP contribution in [0, 0.1) is 17.8 Å². The number of carboxylic acid groups (broad SMARTS) is 1. The van der Waals surface area contributed by atoms with Crippen LogP contribution in [0.25, 0.3) is 0 Å². The maximum absolute atomic E-state index is 14.5. The number of carbonyl (C=O) groups is 1. The van der Waals surface area contributed by atoms with E-state index in [2.05, 4.69) is 12.1 Å². The largest absolute Gasteiger partial charge is 0.481 e. The lowest BCUT2D eigenvalue weighted by Gasteiger charge is -2.20. The Morgan fingerprint density at radius 3 is 2.55 bits per heavy atom. The molecule has 0 bridgehead atoms. The van der Waals surface area contributed by atoms with E-state index < -0.39 is 30.3 Å². The third-order valence-corrected chi connectivity index (χ3v) is 6.31. The van der Waals surface area contributed by atoms with Gasteiger partial charge in [-0.25, -0.2) is 4.39 Å². The number of fused-ring (bicyclic) bond motifs is 1. The van der Waals surface area contributed by atoms with Gasteiger partial charge in [-0.15, -0.1) is 0 Å². The lowest BCUT2D eigenvalue weighted by molar-refractivity contribution is -0.137. The minimum Gasteiger partial charge on any atom is -0.481 e. The molecule has 2 aliphatic carbocycles. The van der Waals surface area contributed by atoms with Crippen LogP contribution in [0.15, 0.2) is 48.6 Å². The van der Waals surface area contributed by atoms with Crippen LogP contribution in [0.5, 0.6) is 0 Å². The smallest absolute Gasteiger partial charge is 0.303 e. The van der Waals surface area contributed by atoms with Crippen molar-refractivity contribution in [1.29, 1.82) is 0 Å². The van der Waals surface area contributed by atoms with Crippen molar-refractivity contribution in [2.24, 2.45) is 17.8 Å². The van der Waals surface area contributed by atoms with Crippen molar-refractivity contribution in [2.45, 2.75) is 63.3 Å². The minimum absolute atomic E-state index is 0.112. The summed E-state index contributed by atoms with van der Waals surface area (Å²) in [6.45, 7) is 0. The molecule has 4 nitrogen and oxygen atoms in total. The van der Waals surface area contributed by atoms with Gasteiger partial charge in [-0.1, -0.05) is 48.6 Å². The highest BCUT2D eigenvalue weighted by Gasteiger charge is 2.40. The predicted octanol–water partition coefficient (Wildman–Crippen LogP) is 3.85. The summed E-state index contributed by atoms with van der Waals surface area (Å²) in [6.07, 6.45) is 8.57. The molecular weight excluding hydrogens is 371 g/mol. The van der Waals surface area contributed by atoms with Crippen LogP contribution in [-0.2, 0) is 17.6 Å². The Morgan fingerprint density at radius 2 is 1.90 bits per heavy atom. The van der Waals surface area contributed by atoms with Gasteiger partial charge in [-0.2, -0.15) is 0 Å². The second-order valence-electron chi connectivity index (χ2n) is 8.37. The van der Waals surface area contributed by atoms with E-state index in [9.17, 15) is 19.4 Å². The fourth-order valence-electron chi connectivity index (χ4n) is 4.64. The topological polar surface area (TPSA) is 77.8 Å². The number of aliphatic hydroxyl groups excluding tert-OH is 2. The first-order valence-electron chi connectivity index (χ1n) is 10.6. The zero-order valence-electron chi connectivity index (χ0n) is 16.7. The molecule has 1 saturated carbocycles. The number of carboxylic acids is 1. The summed E-state index contributed by atoms with van der Waals surface area (Å²) < 4.78 is 14.5. The molecule has 1 aromatic carbocycles. The molecule has 0 saturated heterocycles. The molecule has 3 N–H and O–H groups in total. The second-order valence-corrected chi connectivity index (χ2v) is 8.37. The van der Waals surface area contributed by atoms with Gasteiger partial charge >= 0.3 is 5.97 Å². The van der Waals surface area contributed by atoms with E-state index in [1.165, 1.54) is 11.1 Å². The van der Waals surface area contributed by atoms with Gasteiger partial charge < -0.3 is 15.3 Å². The number of rotatable bonds is 9. The number of unbranched alkanes of at least 4 members (excludes halogenated alkanes) is 1. The van der Waals surface area contributed by atoms with Crippen molar-refractivity contribution in [1.82, 2.24) is 0 Å². The molecule has 1 fully saturated rings. The summed E-state index contributed by atoms with van der Waals surface area (Å²) in [5.74, 6) is -1.32. The van der Waals surface area contributed by atoms with Gasteiger partial charge in [0.2, 0.25) is 0 Å². The number of aliphatic carboxylic acids is 1. The Labute approximate surface area is 171 Å². The number of aliphatic hydroxyl groups is 2. The van der Waals surface area contributed by atoms with Crippen LogP contribution in [0.4, 0.5) is 4.39 Å². The first-order chi connectivity index (χ1) is 14.0. The monoisotopic (exact) mass is 402 g/mol. The molecule has 0 amide bonds. The zero-order chi connectivity index (χ0) is 20.8. The summed E-state index contributed by atoms with van der Waals surface area (Å²) in [5, 5.41) is 29.5. The van der Waals surface area contributed by atoms with Gasteiger partial charge in [0.1, 0.15) is 6.17 Å². The van der Waals surface area contributed by atoms with Crippen molar-refractivity contribution in [3.8, 4) is 0 Å². The molecule has 29 heavy (non-hydrogen) atoms. The number of halogens is 1. The average Bonchev–Trinajstić information content (AvgIpc) is 3.23. The van der Waals surface area contributed by atoms with Crippen molar-refractivity contribution >= 4 is 5.97 Å². The Hall–Kier alpha value is -1.98. The average molecular weight is 403 g/mol. The van der Waals surface area contributed by atoms with Crippen LogP contribution in [0.3, 0.4) is 0 Å². The Morgan fingerprint density at radius 1 is 1.21 bits per heavy atom. The normalized spacial score (nSPS) is 28.4. The lowest BCUT2D eigenvalue weighted by atomic mass is 9.89.